The minimum Gasteiger partial charge on any atom is -0.275 e. The third kappa shape index (κ3) is 2.44. The number of hydrogen-bond donors (Lipinski definition) is 0. The summed E-state index contributed by atoms with van der Waals surface area (Å²) >= 11 is 1.72. The minimum absolute atomic E-state index is 1.03. The van der Waals surface area contributed by atoms with Crippen molar-refractivity contribution in [3.05, 3.63) is 46.2 Å². The van der Waals surface area contributed by atoms with Crippen LogP contribution in [0, 0.1) is 13.8 Å². The van der Waals surface area contributed by atoms with Crippen molar-refractivity contribution in [2.45, 2.75) is 13.8 Å². The highest BCUT2D eigenvalue weighted by Crippen LogP contribution is 2.26. The zero-order valence-electron chi connectivity index (χ0n) is 11.2. The SMILES string of the molecule is Cc1cc2nc(/C=C/c3cnn(C)c3)sc2cc1C. The quantitative estimate of drug-likeness (QED) is 0.708. The van der Waals surface area contributed by atoms with E-state index in [0.29, 0.717) is 0 Å². The first-order valence-corrected chi connectivity index (χ1v) is 6.98. The molecular formula is C15H15N3S. The maximum atomic E-state index is 4.64. The van der Waals surface area contributed by atoms with Crippen LogP contribution in [0.2, 0.25) is 0 Å². The zero-order valence-corrected chi connectivity index (χ0v) is 12.0. The first-order chi connectivity index (χ1) is 9.11. The fourth-order valence-corrected chi connectivity index (χ4v) is 2.91. The van der Waals surface area contributed by atoms with Crippen molar-refractivity contribution in [2.75, 3.05) is 0 Å². The topological polar surface area (TPSA) is 30.7 Å². The van der Waals surface area contributed by atoms with E-state index < -0.39 is 0 Å². The summed E-state index contributed by atoms with van der Waals surface area (Å²) in [5.41, 5.74) is 4.78. The fraction of sp³-hybridized carbons (Fsp3) is 0.200. The lowest BCUT2D eigenvalue weighted by Crippen LogP contribution is -1.83. The van der Waals surface area contributed by atoms with Crippen molar-refractivity contribution in [3.63, 3.8) is 0 Å². The molecule has 0 fully saturated rings. The molecule has 0 bridgehead atoms. The Bertz CT molecular complexity index is 726. The highest BCUT2D eigenvalue weighted by molar-refractivity contribution is 7.19. The zero-order chi connectivity index (χ0) is 13.4. The van der Waals surface area contributed by atoms with Crippen molar-refractivity contribution in [2.24, 2.45) is 7.05 Å². The summed E-state index contributed by atoms with van der Waals surface area (Å²) in [6.07, 6.45) is 7.92. The molecule has 0 saturated carbocycles. The molecule has 96 valence electrons. The molecule has 19 heavy (non-hydrogen) atoms. The first-order valence-electron chi connectivity index (χ1n) is 6.16. The molecule has 3 aromatic rings. The molecule has 3 rings (SSSR count). The molecule has 0 spiro atoms. The lowest BCUT2D eigenvalue weighted by molar-refractivity contribution is 0.767. The number of rotatable bonds is 2. The molecule has 0 radical (unpaired) electrons. The normalized spacial score (nSPS) is 11.7. The van der Waals surface area contributed by atoms with Gasteiger partial charge in [-0.15, -0.1) is 11.3 Å². The molecule has 0 aliphatic heterocycles. The van der Waals surface area contributed by atoms with E-state index in [1.807, 2.05) is 31.6 Å². The Hall–Kier alpha value is -1.94. The predicted octanol–water partition coefficient (Wildman–Crippen LogP) is 3.82. The molecular weight excluding hydrogens is 254 g/mol. The Labute approximate surface area is 116 Å². The molecule has 0 aliphatic carbocycles. The molecule has 0 saturated heterocycles. The van der Waals surface area contributed by atoms with E-state index in [-0.39, 0.29) is 0 Å². The maximum Gasteiger partial charge on any atom is 0.117 e. The van der Waals surface area contributed by atoms with Crippen molar-refractivity contribution in [1.82, 2.24) is 14.8 Å². The summed E-state index contributed by atoms with van der Waals surface area (Å²) in [5.74, 6) is 0. The number of aromatic nitrogens is 3. The molecule has 2 aromatic heterocycles. The van der Waals surface area contributed by atoms with Gasteiger partial charge >= 0.3 is 0 Å². The molecule has 4 heteroatoms. The van der Waals surface area contributed by atoms with Crippen molar-refractivity contribution >= 4 is 33.7 Å². The molecule has 0 unspecified atom stereocenters. The number of thiazole rings is 1. The number of hydrogen-bond acceptors (Lipinski definition) is 3. The highest BCUT2D eigenvalue weighted by Gasteiger charge is 2.03. The molecule has 0 N–H and O–H groups in total. The van der Waals surface area contributed by atoms with Crippen LogP contribution in [-0.2, 0) is 7.05 Å². The molecule has 3 nitrogen and oxygen atoms in total. The summed E-state index contributed by atoms with van der Waals surface area (Å²) in [6, 6.07) is 4.37. The van der Waals surface area contributed by atoms with Crippen molar-refractivity contribution < 1.29 is 0 Å². The van der Waals surface area contributed by atoms with Gasteiger partial charge in [-0.25, -0.2) is 4.98 Å². The maximum absolute atomic E-state index is 4.64. The van der Waals surface area contributed by atoms with Crippen LogP contribution in [0.5, 0.6) is 0 Å². The van der Waals surface area contributed by atoms with Crippen LogP contribution in [0.15, 0.2) is 24.5 Å². The van der Waals surface area contributed by atoms with E-state index in [0.717, 1.165) is 16.1 Å². The van der Waals surface area contributed by atoms with Crippen molar-refractivity contribution in [1.29, 1.82) is 0 Å². The van der Waals surface area contributed by atoms with Gasteiger partial charge in [0.25, 0.3) is 0 Å². The predicted molar refractivity (Wildman–Crippen MR) is 81.2 cm³/mol. The van der Waals surface area contributed by atoms with Crippen LogP contribution in [-0.4, -0.2) is 14.8 Å². The van der Waals surface area contributed by atoms with Gasteiger partial charge in [0.15, 0.2) is 0 Å². The van der Waals surface area contributed by atoms with E-state index in [1.54, 1.807) is 16.0 Å². The van der Waals surface area contributed by atoms with Gasteiger partial charge in [-0.05, 0) is 49.3 Å². The smallest absolute Gasteiger partial charge is 0.117 e. The fourth-order valence-electron chi connectivity index (χ4n) is 1.96. The van der Waals surface area contributed by atoms with Gasteiger partial charge in [-0.2, -0.15) is 5.10 Å². The van der Waals surface area contributed by atoms with Crippen LogP contribution < -0.4 is 0 Å². The monoisotopic (exact) mass is 269 g/mol. The Morgan fingerprint density at radius 3 is 2.68 bits per heavy atom. The third-order valence-electron chi connectivity index (χ3n) is 3.16. The summed E-state index contributed by atoms with van der Waals surface area (Å²) in [5, 5.41) is 5.17. The lowest BCUT2D eigenvalue weighted by Gasteiger charge is -1.96. The van der Waals surface area contributed by atoms with E-state index in [9.17, 15) is 0 Å². The van der Waals surface area contributed by atoms with Gasteiger partial charge in [-0.3, -0.25) is 4.68 Å². The van der Waals surface area contributed by atoms with Crippen LogP contribution >= 0.6 is 11.3 Å². The second-order valence-corrected chi connectivity index (χ2v) is 5.80. The van der Waals surface area contributed by atoms with Crippen molar-refractivity contribution in [3.8, 4) is 0 Å². The second-order valence-electron chi connectivity index (χ2n) is 4.74. The van der Waals surface area contributed by atoms with E-state index in [1.165, 1.54) is 15.8 Å². The van der Waals surface area contributed by atoms with Gasteiger partial charge in [0, 0.05) is 18.8 Å². The summed E-state index contributed by atoms with van der Waals surface area (Å²) in [4.78, 5) is 4.64. The summed E-state index contributed by atoms with van der Waals surface area (Å²) < 4.78 is 3.04. The Kier molecular flexibility index (Phi) is 2.95. The number of aryl methyl sites for hydroxylation is 3. The number of benzene rings is 1. The summed E-state index contributed by atoms with van der Waals surface area (Å²) in [6.45, 7) is 4.26. The van der Waals surface area contributed by atoms with E-state index in [4.69, 9.17) is 0 Å². The van der Waals surface area contributed by atoms with Gasteiger partial charge in [-0.1, -0.05) is 0 Å². The average Bonchev–Trinajstić information content (AvgIpc) is 2.93. The standard InChI is InChI=1S/C15H15N3S/c1-10-6-13-14(7-11(10)2)19-15(17-13)5-4-12-8-16-18(3)9-12/h4-9H,1-3H3/b5-4+. The van der Waals surface area contributed by atoms with Crippen LogP contribution in [0.3, 0.4) is 0 Å². The highest BCUT2D eigenvalue weighted by atomic mass is 32.1. The number of fused-ring (bicyclic) bond motifs is 1. The largest absolute Gasteiger partial charge is 0.275 e. The van der Waals surface area contributed by atoms with Gasteiger partial charge < -0.3 is 0 Å². The average molecular weight is 269 g/mol. The molecule has 1 aromatic carbocycles. The van der Waals surface area contributed by atoms with Crippen LogP contribution in [0.1, 0.15) is 21.7 Å². The lowest BCUT2D eigenvalue weighted by atomic mass is 10.1. The molecule has 0 aliphatic rings. The summed E-state index contributed by atoms with van der Waals surface area (Å²) in [7, 11) is 1.92. The molecule has 0 atom stereocenters. The Balaban J connectivity index is 1.95. The molecule has 0 amide bonds. The van der Waals surface area contributed by atoms with Crippen LogP contribution in [0.25, 0.3) is 22.4 Å². The Morgan fingerprint density at radius 1 is 1.16 bits per heavy atom. The Morgan fingerprint density at radius 2 is 1.95 bits per heavy atom. The van der Waals surface area contributed by atoms with E-state index >= 15 is 0 Å². The van der Waals surface area contributed by atoms with E-state index in [2.05, 4.69) is 36.1 Å². The second kappa shape index (κ2) is 4.63. The van der Waals surface area contributed by atoms with Gasteiger partial charge in [0.1, 0.15) is 5.01 Å². The third-order valence-corrected chi connectivity index (χ3v) is 4.15. The van der Waals surface area contributed by atoms with Gasteiger partial charge in [0.2, 0.25) is 0 Å². The minimum atomic E-state index is 1.03. The first kappa shape index (κ1) is 12.1. The van der Waals surface area contributed by atoms with Gasteiger partial charge in [0.05, 0.1) is 16.4 Å². The molecule has 2 heterocycles. The number of nitrogens with zero attached hydrogens (tertiary/aromatic N) is 3. The van der Waals surface area contributed by atoms with Crippen LogP contribution in [0.4, 0.5) is 0 Å².